The number of nitrogens with zero attached hydrogens (tertiary/aromatic N) is 1. The lowest BCUT2D eigenvalue weighted by Gasteiger charge is -2.21. The van der Waals surface area contributed by atoms with E-state index in [1.165, 1.54) is 82.2 Å². The van der Waals surface area contributed by atoms with E-state index in [0.29, 0.717) is 0 Å². The van der Waals surface area contributed by atoms with Gasteiger partial charge in [0.1, 0.15) is 0 Å². The van der Waals surface area contributed by atoms with Crippen LogP contribution in [0, 0.1) is 6.92 Å². The molecule has 2 N–H and O–H groups in total. The van der Waals surface area contributed by atoms with Crippen molar-refractivity contribution in [3.05, 3.63) is 204 Å². The molecule has 9 rings (SSSR count). The molecule has 0 amide bonds. The highest BCUT2D eigenvalue weighted by atomic mass is 15.0. The van der Waals surface area contributed by atoms with E-state index in [2.05, 4.69) is 195 Å². The summed E-state index contributed by atoms with van der Waals surface area (Å²) in [4.78, 5) is 0. The predicted molar refractivity (Wildman–Crippen MR) is 239 cm³/mol. The molecule has 1 aromatic heterocycles. The lowest BCUT2D eigenvalue weighted by molar-refractivity contribution is 1.10. The first-order valence-electron chi connectivity index (χ1n) is 19.0. The van der Waals surface area contributed by atoms with Gasteiger partial charge in [-0.2, -0.15) is 0 Å². The van der Waals surface area contributed by atoms with Crippen molar-refractivity contribution in [2.75, 3.05) is 0 Å². The van der Waals surface area contributed by atoms with E-state index in [1.54, 1.807) is 6.20 Å². The van der Waals surface area contributed by atoms with Crippen LogP contribution in [0.15, 0.2) is 171 Å². The quantitative estimate of drug-likeness (QED) is 0.168. The highest BCUT2D eigenvalue weighted by Crippen LogP contribution is 2.42. The van der Waals surface area contributed by atoms with Gasteiger partial charge in [-0.05, 0) is 145 Å². The summed E-state index contributed by atoms with van der Waals surface area (Å²) in [6, 6.07) is 55.2. The fourth-order valence-corrected chi connectivity index (χ4v) is 8.71. The topological polar surface area (TPSA) is 30.9 Å². The number of hydrogen-bond donors (Lipinski definition) is 1. The minimum Gasteiger partial charge on any atom is -0.405 e. The average molecular weight is 707 g/mol. The third-order valence-electron chi connectivity index (χ3n) is 11.2. The molecular formula is C53H42N2. The lowest BCUT2D eigenvalue weighted by Crippen LogP contribution is -2.01. The SMILES string of the molecule is C=Cc1c(/C=C\C)c(Cc2ccc(-c3ccc4c(c3)c(C)c(/C=C\N)n4-c3ccccc3)c3ccccc23)c2ccccc2c1-c1ccc2ccccc2c1. The number of nitrogens with two attached hydrogens (primary N) is 1. The molecule has 0 aliphatic rings. The van der Waals surface area contributed by atoms with Crippen LogP contribution < -0.4 is 5.73 Å². The van der Waals surface area contributed by atoms with Crippen molar-refractivity contribution in [1.82, 2.24) is 4.57 Å². The van der Waals surface area contributed by atoms with Crippen molar-refractivity contribution >= 4 is 61.4 Å². The zero-order valence-corrected chi connectivity index (χ0v) is 31.3. The monoisotopic (exact) mass is 706 g/mol. The summed E-state index contributed by atoms with van der Waals surface area (Å²) in [7, 11) is 0. The number of fused-ring (bicyclic) bond motifs is 4. The number of allylic oxidation sites excluding steroid dienone is 1. The molecule has 0 unspecified atom stereocenters. The first kappa shape index (κ1) is 33.9. The van der Waals surface area contributed by atoms with Gasteiger partial charge in [0.25, 0.3) is 0 Å². The van der Waals surface area contributed by atoms with E-state index in [4.69, 9.17) is 5.73 Å². The van der Waals surface area contributed by atoms with Crippen LogP contribution in [-0.2, 0) is 6.42 Å². The largest absolute Gasteiger partial charge is 0.405 e. The average Bonchev–Trinajstić information content (AvgIpc) is 3.51. The molecule has 0 spiro atoms. The van der Waals surface area contributed by atoms with E-state index in [1.807, 2.05) is 6.08 Å². The maximum Gasteiger partial charge on any atom is 0.0538 e. The van der Waals surface area contributed by atoms with Gasteiger partial charge in [0.2, 0.25) is 0 Å². The lowest BCUT2D eigenvalue weighted by atomic mass is 9.82. The van der Waals surface area contributed by atoms with Crippen LogP contribution in [-0.4, -0.2) is 4.57 Å². The third kappa shape index (κ3) is 5.75. The Bertz CT molecular complexity index is 2990. The van der Waals surface area contributed by atoms with Gasteiger partial charge < -0.3 is 10.3 Å². The van der Waals surface area contributed by atoms with E-state index in [0.717, 1.165) is 28.9 Å². The van der Waals surface area contributed by atoms with Crippen molar-refractivity contribution in [3.63, 3.8) is 0 Å². The van der Waals surface area contributed by atoms with Gasteiger partial charge in [0.05, 0.1) is 11.2 Å². The maximum atomic E-state index is 5.97. The van der Waals surface area contributed by atoms with Crippen molar-refractivity contribution in [2.24, 2.45) is 5.73 Å². The van der Waals surface area contributed by atoms with Crippen LogP contribution in [0.25, 0.3) is 89.4 Å². The van der Waals surface area contributed by atoms with E-state index in [-0.39, 0.29) is 0 Å². The minimum absolute atomic E-state index is 0.784. The summed E-state index contributed by atoms with van der Waals surface area (Å²) in [6.45, 7) is 8.69. The molecular weight excluding hydrogens is 665 g/mol. The maximum absolute atomic E-state index is 5.97. The van der Waals surface area contributed by atoms with Gasteiger partial charge in [-0.25, -0.2) is 0 Å². The number of hydrogen-bond acceptors (Lipinski definition) is 1. The van der Waals surface area contributed by atoms with E-state index in [9.17, 15) is 0 Å². The van der Waals surface area contributed by atoms with Gasteiger partial charge >= 0.3 is 0 Å². The Balaban J connectivity index is 1.21. The molecule has 0 radical (unpaired) electrons. The Morgan fingerprint density at radius 1 is 0.600 bits per heavy atom. The normalized spacial score (nSPS) is 11.9. The Kier molecular flexibility index (Phi) is 8.72. The molecule has 0 aliphatic heterocycles. The van der Waals surface area contributed by atoms with Crippen molar-refractivity contribution in [1.29, 1.82) is 0 Å². The van der Waals surface area contributed by atoms with Crippen LogP contribution >= 0.6 is 0 Å². The van der Waals surface area contributed by atoms with Crippen LogP contribution in [0.1, 0.15) is 40.4 Å². The Morgan fingerprint density at radius 3 is 2.05 bits per heavy atom. The molecule has 55 heavy (non-hydrogen) atoms. The summed E-state index contributed by atoms with van der Waals surface area (Å²) in [6.07, 6.45) is 10.9. The summed E-state index contributed by atoms with van der Waals surface area (Å²) < 4.78 is 2.30. The Morgan fingerprint density at radius 2 is 1.29 bits per heavy atom. The molecule has 0 saturated carbocycles. The first-order valence-corrected chi connectivity index (χ1v) is 19.0. The summed E-state index contributed by atoms with van der Waals surface area (Å²) in [5.41, 5.74) is 20.4. The van der Waals surface area contributed by atoms with Crippen LogP contribution in [0.4, 0.5) is 0 Å². The van der Waals surface area contributed by atoms with Gasteiger partial charge in [-0.15, -0.1) is 0 Å². The molecule has 2 nitrogen and oxygen atoms in total. The third-order valence-corrected chi connectivity index (χ3v) is 11.2. The van der Waals surface area contributed by atoms with Crippen LogP contribution in [0.2, 0.25) is 0 Å². The minimum atomic E-state index is 0.784. The standard InChI is InChI=1S/C53H42N2/c1-4-15-45-42(5-2)53(40-25-24-36-16-9-10-17-37(36)32-40)48-23-14-13-22-47(48)50(45)34-38-26-28-44(46-21-12-11-20-43(38)46)39-27-29-52-49(33-39)35(3)51(30-31-54)55(52)41-18-7-6-8-19-41/h4-33H,2,34,54H2,1,3H3/b15-4-,31-30-. The molecule has 2 heteroatoms. The number of aryl methyl sites for hydroxylation is 1. The van der Waals surface area contributed by atoms with E-state index >= 15 is 0 Å². The highest BCUT2D eigenvalue weighted by molar-refractivity contribution is 6.07. The molecule has 0 fully saturated rings. The highest BCUT2D eigenvalue weighted by Gasteiger charge is 2.20. The molecule has 1 heterocycles. The van der Waals surface area contributed by atoms with Crippen molar-refractivity contribution in [2.45, 2.75) is 20.3 Å². The summed E-state index contributed by atoms with van der Waals surface area (Å²) in [5.74, 6) is 0. The first-order chi connectivity index (χ1) is 27.1. The van der Waals surface area contributed by atoms with Gasteiger partial charge in [-0.1, -0.05) is 146 Å². The number of aromatic nitrogens is 1. The Hall–Kier alpha value is -6.90. The zero-order valence-electron chi connectivity index (χ0n) is 31.3. The van der Waals surface area contributed by atoms with Crippen LogP contribution in [0.3, 0.4) is 0 Å². The second-order valence-electron chi connectivity index (χ2n) is 14.3. The van der Waals surface area contributed by atoms with Gasteiger partial charge in [-0.3, -0.25) is 0 Å². The molecule has 0 atom stereocenters. The predicted octanol–water partition coefficient (Wildman–Crippen LogP) is 13.9. The number of para-hydroxylation sites is 1. The molecule has 8 aromatic carbocycles. The molecule has 9 aromatic rings. The van der Waals surface area contributed by atoms with Crippen LogP contribution in [0.5, 0.6) is 0 Å². The fraction of sp³-hybridized carbons (Fsp3) is 0.0566. The summed E-state index contributed by atoms with van der Waals surface area (Å²) in [5, 5.41) is 8.71. The van der Waals surface area contributed by atoms with E-state index < -0.39 is 0 Å². The van der Waals surface area contributed by atoms with Crippen molar-refractivity contribution in [3.8, 4) is 27.9 Å². The van der Waals surface area contributed by atoms with Crippen molar-refractivity contribution < 1.29 is 0 Å². The molecule has 264 valence electrons. The fourth-order valence-electron chi connectivity index (χ4n) is 8.71. The second-order valence-corrected chi connectivity index (χ2v) is 14.3. The molecule has 0 aliphatic carbocycles. The second kappa shape index (κ2) is 14.2. The Labute approximate surface area is 322 Å². The van der Waals surface area contributed by atoms with Gasteiger partial charge in [0.15, 0.2) is 0 Å². The molecule has 0 bridgehead atoms. The summed E-state index contributed by atoms with van der Waals surface area (Å²) >= 11 is 0. The number of rotatable bonds is 8. The number of benzene rings is 8. The smallest absolute Gasteiger partial charge is 0.0538 e. The van der Waals surface area contributed by atoms with Gasteiger partial charge in [0, 0.05) is 11.1 Å². The zero-order chi connectivity index (χ0) is 37.5. The molecule has 0 saturated heterocycles.